The predicted octanol–water partition coefficient (Wildman–Crippen LogP) is -3.23. The summed E-state index contributed by atoms with van der Waals surface area (Å²) in [6, 6.07) is 10.6. The molecule has 130 valence electrons. The van der Waals surface area contributed by atoms with Crippen LogP contribution in [0.25, 0.3) is 5.69 Å². The molecular weight excluding hydrogens is 432 g/mol. The van der Waals surface area contributed by atoms with Crippen LogP contribution in [0.5, 0.6) is 0 Å². The fourth-order valence-corrected chi connectivity index (χ4v) is 3.34. The second-order valence-electron chi connectivity index (χ2n) is 5.71. The molecule has 0 saturated carbocycles. The Morgan fingerprint density at radius 3 is 2.29 bits per heavy atom. The van der Waals surface area contributed by atoms with E-state index in [-0.39, 0.29) is 40.1 Å². The van der Waals surface area contributed by atoms with E-state index in [0.29, 0.717) is 0 Å². The molecule has 0 fully saturated rings. The summed E-state index contributed by atoms with van der Waals surface area (Å²) in [6.07, 6.45) is 7.40. The number of nitrogens with zero attached hydrogens (tertiary/aromatic N) is 3. The van der Waals surface area contributed by atoms with Crippen molar-refractivity contribution in [3.8, 4) is 5.69 Å². The lowest BCUT2D eigenvalue weighted by Crippen LogP contribution is -3.00. The highest BCUT2D eigenvalue weighted by Crippen LogP contribution is 2.17. The molecule has 4 nitrogen and oxygen atoms in total. The molecule has 0 bridgehead atoms. The minimum Gasteiger partial charge on any atom is -1.00 e. The van der Waals surface area contributed by atoms with Crippen molar-refractivity contribution in [2.24, 2.45) is 0 Å². The largest absolute Gasteiger partial charge is 1.00 e. The van der Waals surface area contributed by atoms with Gasteiger partial charge in [0.15, 0.2) is 0 Å². The molecule has 0 amide bonds. The molecule has 2 aromatic heterocycles. The maximum Gasteiger partial charge on any atom is 0.262 e. The maximum absolute atomic E-state index is 3.15. The average Bonchev–Trinajstić information content (AvgIpc) is 3.13. The first-order valence-corrected chi connectivity index (χ1v) is 7.84. The fourth-order valence-electron chi connectivity index (χ4n) is 3.34. The van der Waals surface area contributed by atoms with E-state index < -0.39 is 0 Å². The summed E-state index contributed by atoms with van der Waals surface area (Å²) in [5, 5.41) is 0. The Labute approximate surface area is 164 Å². The zero-order valence-electron chi connectivity index (χ0n) is 14.5. The van der Waals surface area contributed by atoms with E-state index in [1.165, 1.54) is 22.9 Å². The van der Waals surface area contributed by atoms with E-state index in [0.717, 1.165) is 6.42 Å². The van der Waals surface area contributed by atoms with Crippen molar-refractivity contribution in [3.05, 3.63) is 66.3 Å². The van der Waals surface area contributed by atoms with Gasteiger partial charge in [-0.2, -0.15) is 13.7 Å². The van der Waals surface area contributed by atoms with Gasteiger partial charge in [-0.1, -0.05) is 25.1 Å². The summed E-state index contributed by atoms with van der Waals surface area (Å²) >= 11 is 0. The third-order valence-electron chi connectivity index (χ3n) is 4.48. The van der Waals surface area contributed by atoms with E-state index in [1.807, 2.05) is 12.5 Å². The first kappa shape index (κ1) is 20.6. The molecule has 1 N–H and O–H groups in total. The number of rotatable bonds is 4. The lowest BCUT2D eigenvalue weighted by molar-refractivity contribution is -0.948. The van der Waals surface area contributed by atoms with Crippen molar-refractivity contribution in [2.45, 2.75) is 40.3 Å². The van der Waals surface area contributed by atoms with Crippen LogP contribution < -0.4 is 43.1 Å². The predicted molar refractivity (Wildman–Crippen MR) is 85.9 cm³/mol. The molecule has 0 spiro atoms. The summed E-state index contributed by atoms with van der Waals surface area (Å²) in [7, 11) is 0. The van der Waals surface area contributed by atoms with Gasteiger partial charge < -0.3 is 34.0 Å². The van der Waals surface area contributed by atoms with E-state index in [4.69, 9.17) is 0 Å². The van der Waals surface area contributed by atoms with Gasteiger partial charge in [-0.05, 0) is 12.1 Å². The SMILES string of the molecule is CCC([n+]1cc[nH]c1)[n+]1c(C)c(C)n(-c2ccccc2)c1C.[Br-].[Br-]. The summed E-state index contributed by atoms with van der Waals surface area (Å²) in [5.41, 5.74) is 3.81. The highest BCUT2D eigenvalue weighted by molar-refractivity contribution is 5.35. The zero-order valence-corrected chi connectivity index (χ0v) is 17.7. The Morgan fingerprint density at radius 1 is 1.08 bits per heavy atom. The molecule has 1 aromatic carbocycles. The number of hydrogen-bond acceptors (Lipinski definition) is 0. The van der Waals surface area contributed by atoms with Gasteiger partial charge in [0.25, 0.3) is 5.82 Å². The molecule has 24 heavy (non-hydrogen) atoms. The van der Waals surface area contributed by atoms with Gasteiger partial charge in [-0.15, -0.1) is 0 Å². The van der Waals surface area contributed by atoms with Crippen LogP contribution in [0.3, 0.4) is 0 Å². The molecule has 2 heterocycles. The molecule has 0 aliphatic carbocycles. The van der Waals surface area contributed by atoms with Crippen LogP contribution in [0.1, 0.15) is 36.7 Å². The molecule has 0 radical (unpaired) electrons. The lowest BCUT2D eigenvalue weighted by Gasteiger charge is -2.11. The maximum atomic E-state index is 3.15. The summed E-state index contributed by atoms with van der Waals surface area (Å²) < 4.78 is 7.00. The second-order valence-corrected chi connectivity index (χ2v) is 5.71. The van der Waals surface area contributed by atoms with E-state index >= 15 is 0 Å². The first-order chi connectivity index (χ1) is 10.6. The van der Waals surface area contributed by atoms with Crippen LogP contribution in [0.15, 0.2) is 49.1 Å². The molecule has 0 saturated heterocycles. The Hall–Kier alpha value is -1.40. The number of benzene rings is 1. The molecule has 3 rings (SSSR count). The van der Waals surface area contributed by atoms with Crippen molar-refractivity contribution >= 4 is 0 Å². The van der Waals surface area contributed by atoms with E-state index in [2.05, 4.69) is 82.9 Å². The topological polar surface area (TPSA) is 28.5 Å². The Morgan fingerprint density at radius 2 is 1.75 bits per heavy atom. The fraction of sp³-hybridized carbons (Fsp3) is 0.333. The highest BCUT2D eigenvalue weighted by atomic mass is 79.9. The van der Waals surface area contributed by atoms with Gasteiger partial charge in [-0.3, -0.25) is 4.98 Å². The van der Waals surface area contributed by atoms with Crippen LogP contribution in [-0.2, 0) is 0 Å². The van der Waals surface area contributed by atoms with Gasteiger partial charge in [-0.25, -0.2) is 0 Å². The minimum atomic E-state index is 0. The lowest BCUT2D eigenvalue weighted by atomic mass is 10.3. The molecular formula is C18H24Br2N4. The minimum absolute atomic E-state index is 0. The molecule has 3 aromatic rings. The summed E-state index contributed by atoms with van der Waals surface area (Å²) in [6.45, 7) is 8.83. The monoisotopic (exact) mass is 454 g/mol. The van der Waals surface area contributed by atoms with Gasteiger partial charge in [0, 0.05) is 27.2 Å². The summed E-state index contributed by atoms with van der Waals surface area (Å²) in [5.74, 6) is 1.25. The third-order valence-corrected chi connectivity index (χ3v) is 4.48. The number of para-hydroxylation sites is 1. The first-order valence-electron chi connectivity index (χ1n) is 7.84. The zero-order chi connectivity index (χ0) is 15.7. The van der Waals surface area contributed by atoms with Crippen molar-refractivity contribution in [1.82, 2.24) is 9.55 Å². The van der Waals surface area contributed by atoms with Crippen molar-refractivity contribution in [2.75, 3.05) is 0 Å². The Balaban J connectivity index is 0.00000144. The van der Waals surface area contributed by atoms with Gasteiger partial charge in [0.05, 0.1) is 0 Å². The van der Waals surface area contributed by atoms with Crippen LogP contribution in [-0.4, -0.2) is 9.55 Å². The summed E-state index contributed by atoms with van der Waals surface area (Å²) in [4.78, 5) is 3.15. The van der Waals surface area contributed by atoms with Crippen LogP contribution in [0.2, 0.25) is 0 Å². The van der Waals surface area contributed by atoms with Crippen LogP contribution in [0, 0.1) is 20.8 Å². The normalized spacial score (nSPS) is 11.5. The van der Waals surface area contributed by atoms with Gasteiger partial charge in [0.1, 0.15) is 29.5 Å². The number of H-pyrrole nitrogens is 1. The van der Waals surface area contributed by atoms with Crippen molar-refractivity contribution in [3.63, 3.8) is 0 Å². The van der Waals surface area contributed by atoms with Crippen molar-refractivity contribution in [1.29, 1.82) is 0 Å². The second kappa shape index (κ2) is 8.62. The molecule has 1 atom stereocenters. The average molecular weight is 456 g/mol. The Kier molecular flexibility index (Phi) is 7.42. The molecule has 6 heteroatoms. The smallest absolute Gasteiger partial charge is 0.262 e. The van der Waals surface area contributed by atoms with Crippen LogP contribution in [0.4, 0.5) is 0 Å². The van der Waals surface area contributed by atoms with Gasteiger partial charge in [0.2, 0.25) is 12.5 Å². The Bertz CT molecular complexity index is 764. The number of aromatic nitrogens is 4. The van der Waals surface area contributed by atoms with Gasteiger partial charge >= 0.3 is 0 Å². The molecule has 0 aliphatic rings. The van der Waals surface area contributed by atoms with E-state index in [1.54, 1.807) is 0 Å². The van der Waals surface area contributed by atoms with E-state index in [9.17, 15) is 0 Å². The third kappa shape index (κ3) is 3.49. The molecule has 1 unspecified atom stereocenters. The number of imidazole rings is 2. The van der Waals surface area contributed by atoms with Crippen LogP contribution >= 0.6 is 0 Å². The number of halogens is 2. The number of nitrogens with one attached hydrogen (secondary N) is 1. The quantitative estimate of drug-likeness (QED) is 0.401. The highest BCUT2D eigenvalue weighted by Gasteiger charge is 2.31. The number of hydrogen-bond donors (Lipinski definition) is 1. The number of aromatic amines is 1. The standard InChI is InChI=1S/C18H23N4.2BrH/c1-5-18(20-12-11-19-13-20)22-15(3)14(2)21(16(22)4)17-9-7-6-8-10-17;;/h6-13,18H,5H2,1-4H3;2*1H/q+1;;/p-1. The molecule has 0 aliphatic heterocycles. The van der Waals surface area contributed by atoms with Crippen molar-refractivity contribution < 1.29 is 43.1 Å².